The van der Waals surface area contributed by atoms with Gasteiger partial charge < -0.3 is 4.57 Å². The van der Waals surface area contributed by atoms with Crippen molar-refractivity contribution in [1.82, 2.24) is 14.5 Å². The number of hydrogen-bond donors (Lipinski definition) is 0. The summed E-state index contributed by atoms with van der Waals surface area (Å²) in [4.78, 5) is 10.3. The third-order valence-corrected chi connectivity index (χ3v) is 11.6. The Hall–Kier alpha value is -6.62. The van der Waals surface area contributed by atoms with E-state index in [1.165, 1.54) is 63.9 Å². The fourth-order valence-corrected chi connectivity index (χ4v) is 9.27. The molecule has 3 nitrogen and oxygen atoms in total. The number of benzene rings is 8. The lowest BCUT2D eigenvalue weighted by Gasteiger charge is -2.12. The first-order valence-corrected chi connectivity index (χ1v) is 18.4. The van der Waals surface area contributed by atoms with Gasteiger partial charge in [-0.05, 0) is 59.0 Å². The predicted octanol–water partition coefficient (Wildman–Crippen LogP) is 13.2. The minimum atomic E-state index is 0.715. The van der Waals surface area contributed by atoms with Crippen LogP contribution < -0.4 is 0 Å². The number of nitrogens with zero attached hydrogens (tertiary/aromatic N) is 3. The molecule has 0 amide bonds. The van der Waals surface area contributed by atoms with Crippen molar-refractivity contribution in [3.63, 3.8) is 0 Å². The standard InChI is InChI=1S/C48H29N3S/c1-2-12-30(13-3-1)31-22-24-32(25-23-31)45-37-16-6-9-19-40(37)49-48(50-45)33-26-28-34(29-27-33)51-41-20-10-7-17-38(41)43-35-14-4-5-15-36(35)47-44(46(43)51)39-18-8-11-21-42(39)52-47/h1-29H. The molecule has 0 aliphatic rings. The molecule has 8 aromatic carbocycles. The Morgan fingerprint density at radius 2 is 1.00 bits per heavy atom. The highest BCUT2D eigenvalue weighted by Gasteiger charge is 2.22. The quantitative estimate of drug-likeness (QED) is 0.185. The summed E-state index contributed by atoms with van der Waals surface area (Å²) in [7, 11) is 0. The first-order chi connectivity index (χ1) is 25.8. The monoisotopic (exact) mass is 679 g/mol. The van der Waals surface area contributed by atoms with E-state index >= 15 is 0 Å². The van der Waals surface area contributed by atoms with Gasteiger partial charge in [0.15, 0.2) is 5.82 Å². The van der Waals surface area contributed by atoms with Crippen molar-refractivity contribution in [2.75, 3.05) is 0 Å². The summed E-state index contributed by atoms with van der Waals surface area (Å²) in [5.41, 5.74) is 9.86. The lowest BCUT2D eigenvalue weighted by molar-refractivity contribution is 1.18. The van der Waals surface area contributed by atoms with Crippen molar-refractivity contribution < 1.29 is 0 Å². The Balaban J connectivity index is 1.10. The normalized spacial score (nSPS) is 11.8. The Labute approximate surface area is 303 Å². The van der Waals surface area contributed by atoms with Crippen LogP contribution in [0.5, 0.6) is 0 Å². The van der Waals surface area contributed by atoms with Gasteiger partial charge in [-0.1, -0.05) is 133 Å². The molecule has 0 unspecified atom stereocenters. The van der Waals surface area contributed by atoms with E-state index in [0.717, 1.165) is 33.4 Å². The van der Waals surface area contributed by atoms with Gasteiger partial charge in [-0.2, -0.15) is 0 Å². The van der Waals surface area contributed by atoms with Crippen LogP contribution in [-0.2, 0) is 0 Å². The van der Waals surface area contributed by atoms with Gasteiger partial charge in [0.05, 0.1) is 22.2 Å². The van der Waals surface area contributed by atoms with E-state index in [9.17, 15) is 0 Å². The molecular formula is C48H29N3S. The molecule has 242 valence electrons. The predicted molar refractivity (Wildman–Crippen MR) is 221 cm³/mol. The minimum absolute atomic E-state index is 0.715. The molecule has 0 aliphatic carbocycles. The van der Waals surface area contributed by atoms with Gasteiger partial charge in [-0.25, -0.2) is 9.97 Å². The highest BCUT2D eigenvalue weighted by molar-refractivity contribution is 7.27. The molecule has 0 N–H and O–H groups in total. The van der Waals surface area contributed by atoms with Gasteiger partial charge in [0.2, 0.25) is 0 Å². The van der Waals surface area contributed by atoms with Crippen molar-refractivity contribution >= 4 is 75.0 Å². The third-order valence-electron chi connectivity index (χ3n) is 10.4. The molecule has 11 rings (SSSR count). The Bertz CT molecular complexity index is 3160. The first-order valence-electron chi connectivity index (χ1n) is 17.6. The summed E-state index contributed by atoms with van der Waals surface area (Å²) >= 11 is 1.89. The molecule has 3 heterocycles. The summed E-state index contributed by atoms with van der Waals surface area (Å²) in [6.07, 6.45) is 0. The fraction of sp³-hybridized carbons (Fsp3) is 0. The zero-order valence-electron chi connectivity index (χ0n) is 28.0. The van der Waals surface area contributed by atoms with Gasteiger partial charge in [-0.3, -0.25) is 0 Å². The second-order valence-electron chi connectivity index (χ2n) is 13.3. The van der Waals surface area contributed by atoms with Crippen molar-refractivity contribution in [1.29, 1.82) is 0 Å². The lowest BCUT2D eigenvalue weighted by Crippen LogP contribution is -1.97. The topological polar surface area (TPSA) is 30.7 Å². The van der Waals surface area contributed by atoms with Crippen molar-refractivity contribution in [3.8, 4) is 39.5 Å². The first kappa shape index (κ1) is 29.1. The molecule has 52 heavy (non-hydrogen) atoms. The summed E-state index contributed by atoms with van der Waals surface area (Å²) in [6.45, 7) is 0. The second kappa shape index (κ2) is 11.5. The van der Waals surface area contributed by atoms with Crippen LogP contribution >= 0.6 is 11.3 Å². The van der Waals surface area contributed by atoms with Crippen LogP contribution in [-0.4, -0.2) is 14.5 Å². The van der Waals surface area contributed by atoms with Gasteiger partial charge in [0, 0.05) is 58.5 Å². The molecule has 11 aromatic rings. The van der Waals surface area contributed by atoms with Gasteiger partial charge >= 0.3 is 0 Å². The minimum Gasteiger partial charge on any atom is -0.309 e. The number of para-hydroxylation sites is 2. The lowest BCUT2D eigenvalue weighted by atomic mass is 10.00. The second-order valence-corrected chi connectivity index (χ2v) is 14.4. The molecule has 0 bridgehead atoms. The van der Waals surface area contributed by atoms with E-state index in [-0.39, 0.29) is 0 Å². The Morgan fingerprint density at radius 3 is 1.81 bits per heavy atom. The average molecular weight is 680 g/mol. The molecule has 0 fully saturated rings. The smallest absolute Gasteiger partial charge is 0.160 e. The summed E-state index contributed by atoms with van der Waals surface area (Å²) < 4.78 is 5.10. The SMILES string of the molecule is c1ccc(-c2ccc(-c3nc(-c4ccc(-n5c6ccccc6c6c7ccccc7c7sc8ccccc8c7c65)cc4)nc4ccccc34)cc2)cc1. The van der Waals surface area contributed by atoms with Crippen LogP contribution in [0.2, 0.25) is 0 Å². The van der Waals surface area contributed by atoms with Crippen LogP contribution in [0.25, 0.3) is 103 Å². The summed E-state index contributed by atoms with van der Waals surface area (Å²) in [6, 6.07) is 62.8. The zero-order valence-corrected chi connectivity index (χ0v) is 28.8. The molecule has 0 aliphatic heterocycles. The number of hydrogen-bond acceptors (Lipinski definition) is 3. The third kappa shape index (κ3) is 4.38. The molecule has 0 atom stereocenters. The summed E-state index contributed by atoms with van der Waals surface area (Å²) in [5.74, 6) is 0.715. The maximum absolute atomic E-state index is 5.22. The molecule has 0 spiro atoms. The van der Waals surface area contributed by atoms with E-state index in [2.05, 4.69) is 168 Å². The van der Waals surface area contributed by atoms with Crippen molar-refractivity contribution in [2.24, 2.45) is 0 Å². The van der Waals surface area contributed by atoms with Crippen LogP contribution in [0, 0.1) is 0 Å². The average Bonchev–Trinajstić information content (AvgIpc) is 3.78. The van der Waals surface area contributed by atoms with Crippen molar-refractivity contribution in [3.05, 3.63) is 176 Å². The van der Waals surface area contributed by atoms with Gasteiger partial charge in [0.25, 0.3) is 0 Å². The Morgan fingerprint density at radius 1 is 0.404 bits per heavy atom. The summed E-state index contributed by atoms with van der Waals surface area (Å²) in [5, 5.41) is 8.81. The van der Waals surface area contributed by atoms with E-state index in [4.69, 9.17) is 9.97 Å². The molecule has 4 heteroatoms. The van der Waals surface area contributed by atoms with Crippen LogP contribution in [0.4, 0.5) is 0 Å². The van der Waals surface area contributed by atoms with Crippen molar-refractivity contribution in [2.45, 2.75) is 0 Å². The highest BCUT2D eigenvalue weighted by Crippen LogP contribution is 2.47. The van der Waals surface area contributed by atoms with Crippen LogP contribution in [0.1, 0.15) is 0 Å². The van der Waals surface area contributed by atoms with Crippen LogP contribution in [0.3, 0.4) is 0 Å². The van der Waals surface area contributed by atoms with E-state index in [1.54, 1.807) is 0 Å². The van der Waals surface area contributed by atoms with E-state index in [0.29, 0.717) is 5.82 Å². The molecular weight excluding hydrogens is 651 g/mol. The maximum atomic E-state index is 5.22. The van der Waals surface area contributed by atoms with E-state index in [1.807, 2.05) is 23.5 Å². The number of aromatic nitrogens is 3. The number of thiophene rings is 1. The number of rotatable bonds is 4. The van der Waals surface area contributed by atoms with Gasteiger partial charge in [-0.15, -0.1) is 11.3 Å². The maximum Gasteiger partial charge on any atom is 0.160 e. The largest absolute Gasteiger partial charge is 0.309 e. The van der Waals surface area contributed by atoms with Gasteiger partial charge in [0.1, 0.15) is 0 Å². The molecule has 3 aromatic heterocycles. The molecule has 0 saturated heterocycles. The fourth-order valence-electron chi connectivity index (χ4n) is 8.02. The highest BCUT2D eigenvalue weighted by atomic mass is 32.1. The zero-order chi connectivity index (χ0) is 34.2. The van der Waals surface area contributed by atoms with E-state index < -0.39 is 0 Å². The molecule has 0 saturated carbocycles. The number of fused-ring (bicyclic) bond motifs is 11. The van der Waals surface area contributed by atoms with Crippen LogP contribution in [0.15, 0.2) is 176 Å². The molecule has 0 radical (unpaired) electrons. The Kier molecular flexibility index (Phi) is 6.42.